The van der Waals surface area contributed by atoms with Crippen LogP contribution in [0.5, 0.6) is 0 Å². The van der Waals surface area contributed by atoms with Gasteiger partial charge in [-0.15, -0.1) is 0 Å². The first kappa shape index (κ1) is 14.3. The number of halogens is 1. The molecule has 6 heteroatoms. The van der Waals surface area contributed by atoms with Crippen LogP contribution in [0.15, 0.2) is 66.0 Å². The van der Waals surface area contributed by atoms with Crippen LogP contribution in [0.1, 0.15) is 0 Å². The van der Waals surface area contributed by atoms with Gasteiger partial charge in [0.15, 0.2) is 0 Å². The lowest BCUT2D eigenvalue weighted by Gasteiger charge is -2.05. The van der Waals surface area contributed by atoms with Gasteiger partial charge in [-0.05, 0) is 30.3 Å². The summed E-state index contributed by atoms with van der Waals surface area (Å²) in [7, 11) is 1.70. The summed E-state index contributed by atoms with van der Waals surface area (Å²) in [6.45, 7) is 0. The number of hydrogen-bond donors (Lipinski definition) is 0. The Hall–Kier alpha value is -3.28. The zero-order chi connectivity index (χ0) is 16.7. The lowest BCUT2D eigenvalue weighted by Crippen LogP contribution is -2.13. The Bertz CT molecular complexity index is 1100. The first-order valence-corrected chi connectivity index (χ1v) is 7.39. The second-order valence-corrected chi connectivity index (χ2v) is 5.50. The first-order valence-electron chi connectivity index (χ1n) is 7.39. The molecule has 0 aliphatic rings. The topological polar surface area (TPSA) is 52.2 Å². The summed E-state index contributed by atoms with van der Waals surface area (Å²) in [4.78, 5) is 15.9. The Morgan fingerprint density at radius 2 is 1.79 bits per heavy atom. The second kappa shape index (κ2) is 5.42. The van der Waals surface area contributed by atoms with Gasteiger partial charge in [0.05, 0.1) is 11.7 Å². The van der Waals surface area contributed by atoms with E-state index >= 15 is 0 Å². The zero-order valence-corrected chi connectivity index (χ0v) is 12.8. The van der Waals surface area contributed by atoms with Crippen LogP contribution in [0.4, 0.5) is 4.39 Å². The summed E-state index contributed by atoms with van der Waals surface area (Å²) in [5.74, 6) is -0.298. The van der Waals surface area contributed by atoms with E-state index < -0.39 is 0 Å². The predicted octanol–water partition coefficient (Wildman–Crippen LogP) is 2.90. The van der Waals surface area contributed by atoms with Crippen molar-refractivity contribution >= 4 is 5.52 Å². The molecule has 0 radical (unpaired) electrons. The van der Waals surface area contributed by atoms with E-state index in [2.05, 4.69) is 10.1 Å². The van der Waals surface area contributed by atoms with Gasteiger partial charge in [0, 0.05) is 48.4 Å². The monoisotopic (exact) mass is 320 g/mol. The molecule has 0 aliphatic heterocycles. The van der Waals surface area contributed by atoms with Crippen LogP contribution in [0, 0.1) is 5.82 Å². The highest BCUT2D eigenvalue weighted by Gasteiger charge is 2.17. The van der Waals surface area contributed by atoms with Crippen LogP contribution in [-0.2, 0) is 7.05 Å². The standard InChI is InChI=1S/C18H13FN4O/c1-22-11-13(4-7-16(22)24)17-15-10-20-8-9-23(15)21-18(17)12-2-5-14(19)6-3-12/h2-11H,1H3. The Kier molecular flexibility index (Phi) is 3.23. The highest BCUT2D eigenvalue weighted by atomic mass is 19.1. The maximum Gasteiger partial charge on any atom is 0.250 e. The average Bonchev–Trinajstić information content (AvgIpc) is 2.97. The van der Waals surface area contributed by atoms with E-state index in [0.29, 0.717) is 5.69 Å². The van der Waals surface area contributed by atoms with Crippen molar-refractivity contribution in [3.05, 3.63) is 77.4 Å². The molecule has 24 heavy (non-hydrogen) atoms. The smallest absolute Gasteiger partial charge is 0.250 e. The maximum atomic E-state index is 13.3. The molecule has 0 saturated carbocycles. The number of fused-ring (bicyclic) bond motifs is 1. The molecule has 0 fully saturated rings. The highest BCUT2D eigenvalue weighted by molar-refractivity contribution is 5.91. The molecule has 5 nitrogen and oxygen atoms in total. The minimum atomic E-state index is -0.298. The Balaban J connectivity index is 2.04. The summed E-state index contributed by atoms with van der Waals surface area (Å²) in [6, 6.07) is 9.47. The number of rotatable bonds is 2. The Morgan fingerprint density at radius 1 is 1.04 bits per heavy atom. The number of pyridine rings is 1. The number of nitrogens with zero attached hydrogens (tertiary/aromatic N) is 4. The van der Waals surface area contributed by atoms with Crippen LogP contribution in [0.3, 0.4) is 0 Å². The Labute approximate surface area is 136 Å². The van der Waals surface area contributed by atoms with Crippen LogP contribution in [0.25, 0.3) is 27.9 Å². The summed E-state index contributed by atoms with van der Waals surface area (Å²) in [6.07, 6.45) is 6.90. The zero-order valence-electron chi connectivity index (χ0n) is 12.8. The average molecular weight is 320 g/mol. The van der Waals surface area contributed by atoms with Crippen LogP contribution >= 0.6 is 0 Å². The molecule has 4 aromatic rings. The van der Waals surface area contributed by atoms with E-state index in [1.165, 1.54) is 22.8 Å². The first-order chi connectivity index (χ1) is 11.6. The van der Waals surface area contributed by atoms with E-state index in [-0.39, 0.29) is 11.4 Å². The minimum Gasteiger partial charge on any atom is -0.318 e. The van der Waals surface area contributed by atoms with Crippen LogP contribution in [-0.4, -0.2) is 19.2 Å². The molecule has 1 aromatic carbocycles. The number of aromatic nitrogens is 4. The molecule has 4 rings (SSSR count). The fourth-order valence-corrected chi connectivity index (χ4v) is 2.74. The molecule has 118 valence electrons. The molecule has 3 heterocycles. The maximum absolute atomic E-state index is 13.3. The SMILES string of the molecule is Cn1cc(-c2c(-c3ccc(F)cc3)nn3ccncc23)ccc1=O. The lowest BCUT2D eigenvalue weighted by atomic mass is 10.0. The molecule has 0 spiro atoms. The van der Waals surface area contributed by atoms with Gasteiger partial charge >= 0.3 is 0 Å². The van der Waals surface area contributed by atoms with Crippen molar-refractivity contribution in [1.29, 1.82) is 0 Å². The van der Waals surface area contributed by atoms with Gasteiger partial charge < -0.3 is 4.57 Å². The van der Waals surface area contributed by atoms with E-state index in [1.54, 1.807) is 54.5 Å². The lowest BCUT2D eigenvalue weighted by molar-refractivity contribution is 0.628. The summed E-state index contributed by atoms with van der Waals surface area (Å²) >= 11 is 0. The minimum absolute atomic E-state index is 0.0864. The van der Waals surface area contributed by atoms with E-state index in [1.807, 2.05) is 0 Å². The van der Waals surface area contributed by atoms with Crippen LogP contribution < -0.4 is 5.56 Å². The highest BCUT2D eigenvalue weighted by Crippen LogP contribution is 2.34. The predicted molar refractivity (Wildman–Crippen MR) is 89.1 cm³/mol. The van der Waals surface area contributed by atoms with E-state index in [0.717, 1.165) is 22.2 Å². The van der Waals surface area contributed by atoms with Crippen molar-refractivity contribution < 1.29 is 4.39 Å². The third-order valence-corrected chi connectivity index (χ3v) is 3.93. The molecular formula is C18H13FN4O. The van der Waals surface area contributed by atoms with Crippen molar-refractivity contribution in [2.24, 2.45) is 7.05 Å². The van der Waals surface area contributed by atoms with Crippen molar-refractivity contribution in [3.63, 3.8) is 0 Å². The van der Waals surface area contributed by atoms with Gasteiger partial charge in [-0.2, -0.15) is 5.10 Å². The molecule has 0 unspecified atom stereocenters. The van der Waals surface area contributed by atoms with Crippen molar-refractivity contribution in [2.45, 2.75) is 0 Å². The van der Waals surface area contributed by atoms with Gasteiger partial charge in [0.25, 0.3) is 0 Å². The molecular weight excluding hydrogens is 307 g/mol. The number of hydrogen-bond acceptors (Lipinski definition) is 3. The van der Waals surface area contributed by atoms with Crippen molar-refractivity contribution in [3.8, 4) is 22.4 Å². The summed E-state index contributed by atoms with van der Waals surface area (Å²) in [5, 5.41) is 4.61. The summed E-state index contributed by atoms with van der Waals surface area (Å²) in [5.41, 5.74) is 3.93. The van der Waals surface area contributed by atoms with E-state index in [4.69, 9.17) is 0 Å². The van der Waals surface area contributed by atoms with E-state index in [9.17, 15) is 9.18 Å². The van der Waals surface area contributed by atoms with Gasteiger partial charge in [-0.3, -0.25) is 9.78 Å². The molecule has 0 saturated heterocycles. The van der Waals surface area contributed by atoms with Gasteiger partial charge in [0.2, 0.25) is 5.56 Å². The third-order valence-electron chi connectivity index (χ3n) is 3.93. The summed E-state index contributed by atoms with van der Waals surface area (Å²) < 4.78 is 16.5. The van der Waals surface area contributed by atoms with Crippen molar-refractivity contribution in [2.75, 3.05) is 0 Å². The second-order valence-electron chi connectivity index (χ2n) is 5.50. The largest absolute Gasteiger partial charge is 0.318 e. The number of aryl methyl sites for hydroxylation is 1. The van der Waals surface area contributed by atoms with Gasteiger partial charge in [-0.25, -0.2) is 8.91 Å². The molecule has 0 N–H and O–H groups in total. The van der Waals surface area contributed by atoms with Gasteiger partial charge in [0.1, 0.15) is 11.5 Å². The quantitative estimate of drug-likeness (QED) is 0.571. The molecule has 0 aliphatic carbocycles. The molecule has 0 atom stereocenters. The Morgan fingerprint density at radius 3 is 2.54 bits per heavy atom. The molecule has 3 aromatic heterocycles. The fraction of sp³-hybridized carbons (Fsp3) is 0.0556. The molecule has 0 bridgehead atoms. The normalized spacial score (nSPS) is 11.1. The third kappa shape index (κ3) is 2.28. The molecule has 0 amide bonds. The van der Waals surface area contributed by atoms with Gasteiger partial charge in [-0.1, -0.05) is 0 Å². The van der Waals surface area contributed by atoms with Crippen LogP contribution in [0.2, 0.25) is 0 Å². The number of benzene rings is 1. The van der Waals surface area contributed by atoms with Crippen molar-refractivity contribution in [1.82, 2.24) is 19.2 Å². The fourth-order valence-electron chi connectivity index (χ4n) is 2.74.